The van der Waals surface area contributed by atoms with Crippen LogP contribution in [-0.2, 0) is 14.8 Å². The normalized spacial score (nSPS) is 17.6. The average Bonchev–Trinajstić information content (AvgIpc) is 3.29. The Hall–Kier alpha value is -1.12. The zero-order chi connectivity index (χ0) is 21.7. The second-order valence-electron chi connectivity index (χ2n) is 7.81. The lowest BCUT2D eigenvalue weighted by Crippen LogP contribution is -2.45. The first-order valence-corrected chi connectivity index (χ1v) is 11.8. The predicted octanol–water partition coefficient (Wildman–Crippen LogP) is 2.16. The van der Waals surface area contributed by atoms with Crippen LogP contribution < -0.4 is 10.6 Å². The van der Waals surface area contributed by atoms with Crippen molar-refractivity contribution in [2.24, 2.45) is 4.99 Å². The number of hydrogen-bond acceptors (Lipinski definition) is 6. The maximum atomic E-state index is 12.5. The molecule has 2 heterocycles. The number of likely N-dealkylation sites (tertiary alicyclic amines) is 1. The highest BCUT2D eigenvalue weighted by Crippen LogP contribution is 2.19. The topological polar surface area (TPSA) is 103 Å². The van der Waals surface area contributed by atoms with Crippen molar-refractivity contribution in [2.75, 3.05) is 40.3 Å². The Balaban J connectivity index is 0.00000450. The minimum Gasteiger partial charge on any atom is -0.444 e. The smallest absolute Gasteiger partial charge is 0.407 e. The molecule has 0 unspecified atom stereocenters. The van der Waals surface area contributed by atoms with Gasteiger partial charge < -0.3 is 20.3 Å². The van der Waals surface area contributed by atoms with Crippen molar-refractivity contribution in [3.63, 3.8) is 0 Å². The molecule has 172 valence electrons. The van der Waals surface area contributed by atoms with Gasteiger partial charge in [-0.15, -0.1) is 35.3 Å². The van der Waals surface area contributed by atoms with Crippen molar-refractivity contribution in [1.82, 2.24) is 19.8 Å². The molecule has 1 amide bonds. The standard InChI is InChI=1S/C18H31N5O4S2.HI/c1-18(2,3)27-17(24)21-14-8-10-23(13-14)16(19-4)20-9-11-22(5)29(25,26)15-7-6-12-28-15;/h6-7,12,14H,8-11,13H2,1-5H3,(H,19,20)(H,21,24);1H/t14-;/m1./s1. The molecule has 0 aromatic carbocycles. The van der Waals surface area contributed by atoms with Gasteiger partial charge in [0.05, 0.1) is 6.04 Å². The first-order chi connectivity index (χ1) is 13.5. The third-order valence-electron chi connectivity index (χ3n) is 4.29. The Morgan fingerprint density at radius 1 is 1.43 bits per heavy atom. The summed E-state index contributed by atoms with van der Waals surface area (Å²) < 4.78 is 31.9. The van der Waals surface area contributed by atoms with Crippen LogP contribution in [0.4, 0.5) is 4.79 Å². The lowest BCUT2D eigenvalue weighted by molar-refractivity contribution is 0.0507. The van der Waals surface area contributed by atoms with Gasteiger partial charge in [0.15, 0.2) is 5.96 Å². The largest absolute Gasteiger partial charge is 0.444 e. The summed E-state index contributed by atoms with van der Waals surface area (Å²) >= 11 is 1.20. The van der Waals surface area contributed by atoms with Crippen LogP contribution in [0.5, 0.6) is 0 Å². The van der Waals surface area contributed by atoms with E-state index in [-0.39, 0.29) is 30.0 Å². The van der Waals surface area contributed by atoms with E-state index in [1.807, 2.05) is 25.7 Å². The maximum absolute atomic E-state index is 12.5. The molecule has 0 radical (unpaired) electrons. The highest BCUT2D eigenvalue weighted by atomic mass is 127. The molecule has 30 heavy (non-hydrogen) atoms. The molecule has 1 saturated heterocycles. The van der Waals surface area contributed by atoms with Gasteiger partial charge in [0.1, 0.15) is 9.81 Å². The molecule has 1 aliphatic rings. The summed E-state index contributed by atoms with van der Waals surface area (Å²) in [6.45, 7) is 7.58. The number of likely N-dealkylation sites (N-methyl/N-ethyl adjacent to an activating group) is 1. The monoisotopic (exact) mass is 573 g/mol. The summed E-state index contributed by atoms with van der Waals surface area (Å²) in [5.74, 6) is 0.681. The Morgan fingerprint density at radius 2 is 2.13 bits per heavy atom. The molecule has 12 heteroatoms. The lowest BCUT2D eigenvalue weighted by atomic mass is 10.2. The van der Waals surface area contributed by atoms with Gasteiger partial charge in [-0.3, -0.25) is 4.99 Å². The SMILES string of the molecule is CN=C(NCCN(C)S(=O)(=O)c1cccs1)N1CC[C@@H](NC(=O)OC(C)(C)C)C1.I. The van der Waals surface area contributed by atoms with Crippen molar-refractivity contribution < 1.29 is 17.9 Å². The van der Waals surface area contributed by atoms with Gasteiger partial charge in [-0.25, -0.2) is 13.2 Å². The number of alkyl carbamates (subject to hydrolysis) is 1. The molecule has 0 bridgehead atoms. The quantitative estimate of drug-likeness (QED) is 0.307. The molecule has 2 rings (SSSR count). The number of carbonyl (C=O) groups excluding carboxylic acids is 1. The Bertz CT molecular complexity index is 809. The van der Waals surface area contributed by atoms with Crippen LogP contribution in [0.15, 0.2) is 26.7 Å². The van der Waals surface area contributed by atoms with Gasteiger partial charge in [-0.1, -0.05) is 6.07 Å². The average molecular weight is 574 g/mol. The van der Waals surface area contributed by atoms with E-state index in [9.17, 15) is 13.2 Å². The van der Waals surface area contributed by atoms with Crippen LogP contribution in [0.25, 0.3) is 0 Å². The van der Waals surface area contributed by atoms with Crippen molar-refractivity contribution in [3.05, 3.63) is 17.5 Å². The van der Waals surface area contributed by atoms with E-state index in [1.165, 1.54) is 15.6 Å². The van der Waals surface area contributed by atoms with Crippen LogP contribution in [0.3, 0.4) is 0 Å². The number of halogens is 1. The summed E-state index contributed by atoms with van der Waals surface area (Å²) in [6, 6.07) is 3.30. The number of nitrogens with one attached hydrogen (secondary N) is 2. The van der Waals surface area contributed by atoms with E-state index < -0.39 is 21.7 Å². The van der Waals surface area contributed by atoms with Crippen LogP contribution in [0.2, 0.25) is 0 Å². The zero-order valence-corrected chi connectivity index (χ0v) is 22.0. The van der Waals surface area contributed by atoms with Gasteiger partial charge in [-0.05, 0) is 38.6 Å². The van der Waals surface area contributed by atoms with E-state index in [0.717, 1.165) is 13.0 Å². The highest BCUT2D eigenvalue weighted by Gasteiger charge is 2.28. The molecule has 1 atom stereocenters. The van der Waals surface area contributed by atoms with E-state index in [0.29, 0.717) is 29.8 Å². The number of amides is 1. The number of aliphatic imine (C=N–C) groups is 1. The van der Waals surface area contributed by atoms with E-state index in [4.69, 9.17) is 4.74 Å². The highest BCUT2D eigenvalue weighted by molar-refractivity contribution is 14.0. The minimum atomic E-state index is -3.46. The Labute approximate surface area is 200 Å². The second-order valence-corrected chi connectivity index (χ2v) is 11.0. The number of carbonyl (C=O) groups is 1. The fourth-order valence-corrected chi connectivity index (χ4v) is 5.26. The molecule has 0 spiro atoms. The molecular weight excluding hydrogens is 541 g/mol. The Morgan fingerprint density at radius 3 is 2.70 bits per heavy atom. The van der Waals surface area contributed by atoms with Gasteiger partial charge >= 0.3 is 6.09 Å². The fraction of sp³-hybridized carbons (Fsp3) is 0.667. The first kappa shape index (κ1) is 26.9. The van der Waals surface area contributed by atoms with Crippen LogP contribution in [0, 0.1) is 0 Å². The molecule has 1 aromatic rings. The van der Waals surface area contributed by atoms with Crippen LogP contribution in [-0.4, -0.2) is 81.6 Å². The zero-order valence-electron chi connectivity index (χ0n) is 18.0. The minimum absolute atomic E-state index is 0. The molecule has 1 aliphatic heterocycles. The van der Waals surface area contributed by atoms with E-state index in [1.54, 1.807) is 31.6 Å². The number of guanidine groups is 1. The fourth-order valence-electron chi connectivity index (χ4n) is 2.89. The van der Waals surface area contributed by atoms with Crippen LogP contribution in [0.1, 0.15) is 27.2 Å². The number of nitrogens with zero attached hydrogens (tertiary/aromatic N) is 3. The molecule has 9 nitrogen and oxygen atoms in total. The molecule has 1 fully saturated rings. The van der Waals surface area contributed by atoms with Crippen LogP contribution >= 0.6 is 35.3 Å². The van der Waals surface area contributed by atoms with Gasteiger partial charge in [0.2, 0.25) is 0 Å². The van der Waals surface area contributed by atoms with E-state index >= 15 is 0 Å². The second kappa shape index (κ2) is 11.5. The third-order valence-corrected chi connectivity index (χ3v) is 7.52. The van der Waals surface area contributed by atoms with Crippen molar-refractivity contribution in [2.45, 2.75) is 43.0 Å². The summed E-state index contributed by atoms with van der Waals surface area (Å²) in [7, 11) is -0.210. The number of hydrogen-bond donors (Lipinski definition) is 2. The van der Waals surface area contributed by atoms with Gasteiger partial charge in [-0.2, -0.15) is 4.31 Å². The number of thiophene rings is 1. The number of ether oxygens (including phenoxy) is 1. The molecular formula is C18H32IN5O4S2. The van der Waals surface area contributed by atoms with Gasteiger partial charge in [0.25, 0.3) is 10.0 Å². The molecule has 2 N–H and O–H groups in total. The third kappa shape index (κ3) is 7.85. The number of rotatable bonds is 6. The number of sulfonamides is 1. The van der Waals surface area contributed by atoms with E-state index in [2.05, 4.69) is 15.6 Å². The van der Waals surface area contributed by atoms with Crippen molar-refractivity contribution in [3.8, 4) is 0 Å². The first-order valence-electron chi connectivity index (χ1n) is 9.48. The predicted molar refractivity (Wildman–Crippen MR) is 130 cm³/mol. The van der Waals surface area contributed by atoms with Crippen molar-refractivity contribution in [1.29, 1.82) is 0 Å². The summed E-state index contributed by atoms with van der Waals surface area (Å²) in [4.78, 5) is 18.3. The summed E-state index contributed by atoms with van der Waals surface area (Å²) in [6.07, 6.45) is 0.361. The lowest BCUT2D eigenvalue weighted by Gasteiger charge is -2.24. The summed E-state index contributed by atoms with van der Waals surface area (Å²) in [5, 5.41) is 7.83. The molecule has 1 aromatic heterocycles. The maximum Gasteiger partial charge on any atom is 0.407 e. The summed E-state index contributed by atoms with van der Waals surface area (Å²) in [5.41, 5.74) is -0.532. The van der Waals surface area contributed by atoms with Gasteiger partial charge in [0, 0.05) is 40.3 Å². The Kier molecular flexibility index (Phi) is 10.3. The molecule has 0 aliphatic carbocycles. The molecule has 0 saturated carbocycles. The van der Waals surface area contributed by atoms with Crippen molar-refractivity contribution >= 4 is 57.4 Å².